The molecule has 1 rings (SSSR count). The number of amides is 2. The van der Waals surface area contributed by atoms with Crippen molar-refractivity contribution in [2.75, 3.05) is 25.5 Å². The summed E-state index contributed by atoms with van der Waals surface area (Å²) in [6, 6.07) is 4.81. The molecule has 0 radical (unpaired) electrons. The standard InChI is InChI=1S/C11H13Cl2N3O2/c1-16(5-10(14)17)6-11(18)15-7-2-3-8(12)9(13)4-7/h2-4H,5-6H2,1H3,(H2,14,17)(H,15,18)/p+1. The monoisotopic (exact) mass is 290 g/mol. The van der Waals surface area contributed by atoms with Gasteiger partial charge < -0.3 is 16.0 Å². The minimum atomic E-state index is -0.449. The molecule has 0 spiro atoms. The summed E-state index contributed by atoms with van der Waals surface area (Å²) in [4.78, 5) is 23.0. The van der Waals surface area contributed by atoms with E-state index in [1.54, 1.807) is 25.2 Å². The van der Waals surface area contributed by atoms with Crippen LogP contribution in [0.4, 0.5) is 5.69 Å². The number of quaternary nitrogens is 1. The number of rotatable bonds is 5. The maximum Gasteiger partial charge on any atom is 0.279 e. The van der Waals surface area contributed by atoms with Gasteiger partial charge in [0.2, 0.25) is 0 Å². The van der Waals surface area contributed by atoms with Gasteiger partial charge in [0, 0.05) is 5.69 Å². The molecule has 4 N–H and O–H groups in total. The summed E-state index contributed by atoms with van der Waals surface area (Å²) in [6.07, 6.45) is 0. The molecule has 0 heterocycles. The number of anilines is 1. The third-order valence-electron chi connectivity index (χ3n) is 2.14. The smallest absolute Gasteiger partial charge is 0.279 e. The number of likely N-dealkylation sites (N-methyl/N-ethyl adjacent to an activating group) is 1. The van der Waals surface area contributed by atoms with E-state index in [0.29, 0.717) is 20.6 Å². The zero-order valence-corrected chi connectivity index (χ0v) is 11.3. The van der Waals surface area contributed by atoms with Gasteiger partial charge in [0.05, 0.1) is 17.1 Å². The minimum Gasteiger partial charge on any atom is -0.365 e. The van der Waals surface area contributed by atoms with Gasteiger partial charge >= 0.3 is 0 Å². The summed E-state index contributed by atoms with van der Waals surface area (Å²) in [7, 11) is 1.71. The summed E-state index contributed by atoms with van der Waals surface area (Å²) in [5.74, 6) is -0.679. The van der Waals surface area contributed by atoms with Crippen molar-refractivity contribution in [1.82, 2.24) is 0 Å². The Kier molecular flexibility index (Phi) is 5.40. The number of carbonyl (C=O) groups excluding carboxylic acids is 2. The highest BCUT2D eigenvalue weighted by Crippen LogP contribution is 2.24. The van der Waals surface area contributed by atoms with Crippen LogP contribution < -0.4 is 16.0 Å². The lowest BCUT2D eigenvalue weighted by Gasteiger charge is -2.12. The first-order valence-corrected chi connectivity index (χ1v) is 5.98. The van der Waals surface area contributed by atoms with Crippen LogP contribution >= 0.6 is 23.2 Å². The zero-order chi connectivity index (χ0) is 13.7. The molecule has 0 bridgehead atoms. The second-order valence-electron chi connectivity index (χ2n) is 3.95. The fourth-order valence-electron chi connectivity index (χ4n) is 1.41. The van der Waals surface area contributed by atoms with Crippen molar-refractivity contribution in [2.45, 2.75) is 0 Å². The molecule has 0 aliphatic heterocycles. The van der Waals surface area contributed by atoms with Crippen molar-refractivity contribution in [1.29, 1.82) is 0 Å². The van der Waals surface area contributed by atoms with Gasteiger partial charge in [0.25, 0.3) is 11.8 Å². The third kappa shape index (κ3) is 4.91. The molecule has 5 nitrogen and oxygen atoms in total. The number of hydrogen-bond acceptors (Lipinski definition) is 2. The van der Waals surface area contributed by atoms with E-state index in [9.17, 15) is 9.59 Å². The largest absolute Gasteiger partial charge is 0.365 e. The first-order chi connectivity index (χ1) is 8.38. The van der Waals surface area contributed by atoms with Gasteiger partial charge in [-0.25, -0.2) is 0 Å². The summed E-state index contributed by atoms with van der Waals surface area (Å²) in [5, 5.41) is 3.45. The van der Waals surface area contributed by atoms with Crippen LogP contribution in [-0.2, 0) is 9.59 Å². The van der Waals surface area contributed by atoms with Gasteiger partial charge in [0.1, 0.15) is 0 Å². The molecule has 18 heavy (non-hydrogen) atoms. The van der Waals surface area contributed by atoms with Crippen LogP contribution in [0.15, 0.2) is 18.2 Å². The summed E-state index contributed by atoms with van der Waals surface area (Å²) >= 11 is 11.6. The van der Waals surface area contributed by atoms with Crippen LogP contribution in [-0.4, -0.2) is 32.0 Å². The fourth-order valence-corrected chi connectivity index (χ4v) is 1.71. The van der Waals surface area contributed by atoms with Crippen LogP contribution in [0.25, 0.3) is 0 Å². The predicted octanol–water partition coefficient (Wildman–Crippen LogP) is -0.0681. The Bertz CT molecular complexity index is 466. The molecular formula is C11H14Cl2N3O2+. The SMILES string of the molecule is C[NH+](CC(N)=O)CC(=O)Nc1ccc(Cl)c(Cl)c1. The van der Waals surface area contributed by atoms with Gasteiger partial charge in [-0.3, -0.25) is 9.59 Å². The van der Waals surface area contributed by atoms with E-state index >= 15 is 0 Å². The van der Waals surface area contributed by atoms with Crippen molar-refractivity contribution < 1.29 is 14.5 Å². The summed E-state index contributed by atoms with van der Waals surface area (Å²) in [5.41, 5.74) is 5.59. The number of benzene rings is 1. The molecule has 0 saturated heterocycles. The van der Waals surface area contributed by atoms with Crippen molar-refractivity contribution >= 4 is 40.7 Å². The Morgan fingerprint density at radius 1 is 1.28 bits per heavy atom. The van der Waals surface area contributed by atoms with Crippen LogP contribution in [0.1, 0.15) is 0 Å². The highest BCUT2D eigenvalue weighted by Gasteiger charge is 2.12. The average Bonchev–Trinajstić information content (AvgIpc) is 2.21. The first kappa shape index (κ1) is 14.8. The number of nitrogens with two attached hydrogens (primary N) is 1. The molecular weight excluding hydrogens is 277 g/mol. The van der Waals surface area contributed by atoms with Gasteiger partial charge in [-0.1, -0.05) is 23.2 Å². The Labute approximate surface area is 115 Å². The highest BCUT2D eigenvalue weighted by atomic mass is 35.5. The minimum absolute atomic E-state index is 0.106. The Hall–Kier alpha value is -1.30. The fraction of sp³-hybridized carbons (Fsp3) is 0.273. The second kappa shape index (κ2) is 6.58. The van der Waals surface area contributed by atoms with Crippen molar-refractivity contribution in [3.8, 4) is 0 Å². The third-order valence-corrected chi connectivity index (χ3v) is 2.88. The second-order valence-corrected chi connectivity index (χ2v) is 4.77. The van der Waals surface area contributed by atoms with E-state index in [0.717, 1.165) is 0 Å². The van der Waals surface area contributed by atoms with Crippen molar-refractivity contribution in [3.05, 3.63) is 28.2 Å². The predicted molar refractivity (Wildman–Crippen MR) is 70.9 cm³/mol. The van der Waals surface area contributed by atoms with E-state index in [-0.39, 0.29) is 19.0 Å². The molecule has 0 aliphatic rings. The molecule has 7 heteroatoms. The molecule has 1 atom stereocenters. The van der Waals surface area contributed by atoms with E-state index in [4.69, 9.17) is 28.9 Å². The lowest BCUT2D eigenvalue weighted by atomic mass is 10.3. The first-order valence-electron chi connectivity index (χ1n) is 5.23. The maximum absolute atomic E-state index is 11.6. The molecule has 0 aromatic heterocycles. The van der Waals surface area contributed by atoms with Gasteiger partial charge in [-0.15, -0.1) is 0 Å². The van der Waals surface area contributed by atoms with Crippen LogP contribution in [0, 0.1) is 0 Å². The Morgan fingerprint density at radius 2 is 1.94 bits per heavy atom. The number of primary amides is 1. The van der Waals surface area contributed by atoms with Crippen molar-refractivity contribution in [3.63, 3.8) is 0 Å². The Balaban J connectivity index is 2.54. The summed E-state index contributed by atoms with van der Waals surface area (Å²) in [6.45, 7) is 0.248. The molecule has 98 valence electrons. The van der Waals surface area contributed by atoms with Crippen molar-refractivity contribution in [2.24, 2.45) is 5.73 Å². The number of carbonyl (C=O) groups is 2. The highest BCUT2D eigenvalue weighted by molar-refractivity contribution is 6.42. The molecule has 0 saturated carbocycles. The van der Waals surface area contributed by atoms with Crippen LogP contribution in [0.2, 0.25) is 10.0 Å². The number of halogens is 2. The number of hydrogen-bond donors (Lipinski definition) is 3. The lowest BCUT2D eigenvalue weighted by molar-refractivity contribution is -0.862. The normalized spacial score (nSPS) is 11.9. The zero-order valence-electron chi connectivity index (χ0n) is 9.80. The Morgan fingerprint density at radius 3 is 2.50 bits per heavy atom. The van der Waals surface area contributed by atoms with E-state index < -0.39 is 5.91 Å². The van der Waals surface area contributed by atoms with Gasteiger partial charge in [-0.2, -0.15) is 0 Å². The topological polar surface area (TPSA) is 76.6 Å². The van der Waals surface area contributed by atoms with Crippen LogP contribution in [0.5, 0.6) is 0 Å². The lowest BCUT2D eigenvalue weighted by Crippen LogP contribution is -3.11. The molecule has 0 fully saturated rings. The van der Waals surface area contributed by atoms with Gasteiger partial charge in [0.15, 0.2) is 13.1 Å². The quantitative estimate of drug-likeness (QED) is 0.710. The summed E-state index contributed by atoms with van der Waals surface area (Å²) < 4.78 is 0. The van der Waals surface area contributed by atoms with E-state index in [1.165, 1.54) is 0 Å². The van der Waals surface area contributed by atoms with Crippen LogP contribution in [0.3, 0.4) is 0 Å². The molecule has 0 aliphatic carbocycles. The molecule has 2 amide bonds. The van der Waals surface area contributed by atoms with E-state index in [1.807, 2.05) is 0 Å². The van der Waals surface area contributed by atoms with E-state index in [2.05, 4.69) is 5.32 Å². The molecule has 1 aromatic rings. The number of nitrogens with one attached hydrogen (secondary N) is 2. The molecule has 1 unspecified atom stereocenters. The molecule has 1 aromatic carbocycles. The maximum atomic E-state index is 11.6. The average molecular weight is 291 g/mol. The van der Waals surface area contributed by atoms with Gasteiger partial charge in [-0.05, 0) is 18.2 Å².